The molecule has 3 aromatic heterocycles. The predicted molar refractivity (Wildman–Crippen MR) is 84.8 cm³/mol. The quantitative estimate of drug-likeness (QED) is 0.630. The highest BCUT2D eigenvalue weighted by molar-refractivity contribution is 7.17. The van der Waals surface area contributed by atoms with Crippen LogP contribution < -0.4 is 5.73 Å². The Morgan fingerprint density at radius 1 is 1.10 bits per heavy atom. The lowest BCUT2D eigenvalue weighted by atomic mass is 10.3. The molecule has 6 heteroatoms. The third-order valence-corrected chi connectivity index (χ3v) is 4.33. The summed E-state index contributed by atoms with van der Waals surface area (Å²) in [5.74, 6) is 1.82. The van der Waals surface area contributed by atoms with Crippen molar-refractivity contribution >= 4 is 32.6 Å². The molecule has 21 heavy (non-hydrogen) atoms. The highest BCUT2D eigenvalue weighted by atomic mass is 32.1. The summed E-state index contributed by atoms with van der Waals surface area (Å²) >= 11 is 1.64. The Labute approximate surface area is 125 Å². The monoisotopic (exact) mass is 295 g/mol. The molecule has 4 aromatic rings. The maximum atomic E-state index is 5.74. The number of nitrogens with two attached hydrogens (primary N) is 1. The molecule has 0 fully saturated rings. The molecule has 5 nitrogen and oxygen atoms in total. The average molecular weight is 295 g/mol. The van der Waals surface area contributed by atoms with Crippen molar-refractivity contribution in [2.75, 3.05) is 6.54 Å². The smallest absolute Gasteiger partial charge is 0.160 e. The lowest BCUT2D eigenvalue weighted by Gasteiger charge is -2.08. The molecule has 0 aliphatic rings. The van der Waals surface area contributed by atoms with E-state index in [1.54, 1.807) is 17.7 Å². The minimum atomic E-state index is 0.558. The van der Waals surface area contributed by atoms with E-state index < -0.39 is 0 Å². The number of fused-ring (bicyclic) bond motifs is 2. The molecule has 0 saturated carbocycles. The minimum Gasteiger partial charge on any atom is -0.330 e. The summed E-state index contributed by atoms with van der Waals surface area (Å²) in [4.78, 5) is 13.5. The molecule has 0 atom stereocenters. The van der Waals surface area contributed by atoms with Crippen molar-refractivity contribution in [3.8, 4) is 5.82 Å². The Kier molecular flexibility index (Phi) is 2.90. The first-order valence-corrected chi connectivity index (χ1v) is 7.61. The normalized spacial score (nSPS) is 11.5. The summed E-state index contributed by atoms with van der Waals surface area (Å²) in [5.41, 5.74) is 8.71. The summed E-state index contributed by atoms with van der Waals surface area (Å²) in [7, 11) is 0. The zero-order chi connectivity index (χ0) is 14.2. The van der Waals surface area contributed by atoms with Crippen LogP contribution in [-0.4, -0.2) is 26.1 Å². The number of aromatic nitrogens is 4. The van der Waals surface area contributed by atoms with E-state index in [1.165, 1.54) is 0 Å². The lowest BCUT2D eigenvalue weighted by Crippen LogP contribution is -2.10. The molecule has 4 rings (SSSR count). The Balaban J connectivity index is 2.09. The predicted octanol–water partition coefficient (Wildman–Crippen LogP) is 2.53. The fourth-order valence-corrected chi connectivity index (χ4v) is 3.37. The fourth-order valence-electron chi connectivity index (χ4n) is 2.54. The van der Waals surface area contributed by atoms with Gasteiger partial charge in [0, 0.05) is 6.42 Å². The average Bonchev–Trinajstić information content (AvgIpc) is 3.11. The second kappa shape index (κ2) is 4.91. The Bertz CT molecular complexity index is 924. The van der Waals surface area contributed by atoms with E-state index in [2.05, 4.69) is 20.6 Å². The van der Waals surface area contributed by atoms with Crippen molar-refractivity contribution in [2.24, 2.45) is 5.73 Å². The van der Waals surface area contributed by atoms with Gasteiger partial charge in [-0.25, -0.2) is 15.0 Å². The number of hydrogen-bond donors (Lipinski definition) is 1. The Morgan fingerprint density at radius 3 is 2.90 bits per heavy atom. The lowest BCUT2D eigenvalue weighted by molar-refractivity contribution is 0.838. The van der Waals surface area contributed by atoms with E-state index in [-0.39, 0.29) is 0 Å². The van der Waals surface area contributed by atoms with E-state index in [0.29, 0.717) is 13.0 Å². The molecule has 0 unspecified atom stereocenters. The van der Waals surface area contributed by atoms with Crippen LogP contribution in [0.4, 0.5) is 0 Å². The highest BCUT2D eigenvalue weighted by Gasteiger charge is 2.15. The topological polar surface area (TPSA) is 69.6 Å². The van der Waals surface area contributed by atoms with Gasteiger partial charge in [-0.3, -0.25) is 4.57 Å². The van der Waals surface area contributed by atoms with Gasteiger partial charge in [0.2, 0.25) is 0 Å². The van der Waals surface area contributed by atoms with Crippen LogP contribution in [0.5, 0.6) is 0 Å². The van der Waals surface area contributed by atoms with Gasteiger partial charge in [-0.1, -0.05) is 12.1 Å². The van der Waals surface area contributed by atoms with Gasteiger partial charge in [0.1, 0.15) is 12.2 Å². The van der Waals surface area contributed by atoms with Gasteiger partial charge in [0.25, 0.3) is 0 Å². The summed E-state index contributed by atoms with van der Waals surface area (Å²) in [5, 5.41) is 2.03. The number of nitrogens with zero attached hydrogens (tertiary/aromatic N) is 4. The number of hydrogen-bond acceptors (Lipinski definition) is 5. The van der Waals surface area contributed by atoms with Crippen LogP contribution in [0.1, 0.15) is 5.82 Å². The molecule has 1 aromatic carbocycles. The summed E-state index contributed by atoms with van der Waals surface area (Å²) in [6.07, 6.45) is 2.32. The molecule has 104 valence electrons. The van der Waals surface area contributed by atoms with Crippen molar-refractivity contribution < 1.29 is 0 Å². The van der Waals surface area contributed by atoms with Gasteiger partial charge in [0.05, 0.1) is 21.3 Å². The molecule has 2 N–H and O–H groups in total. The first kappa shape index (κ1) is 12.4. The first-order chi connectivity index (χ1) is 10.4. The van der Waals surface area contributed by atoms with Gasteiger partial charge in [-0.15, -0.1) is 11.3 Å². The molecule has 0 radical (unpaired) electrons. The summed E-state index contributed by atoms with van der Waals surface area (Å²) < 4.78 is 3.17. The maximum absolute atomic E-state index is 5.74. The van der Waals surface area contributed by atoms with Gasteiger partial charge in [-0.2, -0.15) is 0 Å². The molecule has 0 spiro atoms. The highest BCUT2D eigenvalue weighted by Crippen LogP contribution is 2.28. The van der Waals surface area contributed by atoms with Gasteiger partial charge >= 0.3 is 0 Å². The first-order valence-electron chi connectivity index (χ1n) is 6.73. The molecule has 0 bridgehead atoms. The molecule has 0 amide bonds. The standard InChI is InChI=1S/C15H13N5S/c16-7-5-13-19-10-3-1-2-4-12(10)20(13)15-14-11(6-8-21-14)17-9-18-15/h1-4,6,8-9H,5,7,16H2. The van der Waals surface area contributed by atoms with Crippen LogP contribution >= 0.6 is 11.3 Å². The van der Waals surface area contributed by atoms with Gasteiger partial charge in [0.15, 0.2) is 5.82 Å². The number of benzene rings is 1. The molecule has 0 aliphatic carbocycles. The van der Waals surface area contributed by atoms with Crippen molar-refractivity contribution in [1.29, 1.82) is 0 Å². The van der Waals surface area contributed by atoms with E-state index >= 15 is 0 Å². The van der Waals surface area contributed by atoms with E-state index in [1.807, 2.05) is 29.6 Å². The minimum absolute atomic E-state index is 0.558. The van der Waals surface area contributed by atoms with Crippen molar-refractivity contribution in [3.63, 3.8) is 0 Å². The number of imidazole rings is 1. The molecular weight excluding hydrogens is 282 g/mol. The van der Waals surface area contributed by atoms with Crippen LogP contribution in [0.3, 0.4) is 0 Å². The zero-order valence-electron chi connectivity index (χ0n) is 11.2. The largest absolute Gasteiger partial charge is 0.330 e. The number of thiophene rings is 1. The van der Waals surface area contributed by atoms with Crippen LogP contribution in [0, 0.1) is 0 Å². The molecule has 3 heterocycles. The van der Waals surface area contributed by atoms with Crippen LogP contribution in [0.15, 0.2) is 42.0 Å². The number of rotatable bonds is 3. The SMILES string of the molecule is NCCc1nc2ccccc2n1-c1ncnc2ccsc12. The zero-order valence-corrected chi connectivity index (χ0v) is 12.0. The number of para-hydroxylation sites is 2. The van der Waals surface area contributed by atoms with Crippen molar-refractivity contribution in [1.82, 2.24) is 19.5 Å². The third kappa shape index (κ3) is 1.91. The second-order valence-corrected chi connectivity index (χ2v) is 5.64. The Hall–Kier alpha value is -2.31. The van der Waals surface area contributed by atoms with E-state index in [4.69, 9.17) is 10.7 Å². The Morgan fingerprint density at radius 2 is 2.00 bits per heavy atom. The van der Waals surface area contributed by atoms with Gasteiger partial charge < -0.3 is 5.73 Å². The maximum Gasteiger partial charge on any atom is 0.160 e. The van der Waals surface area contributed by atoms with Crippen molar-refractivity contribution in [3.05, 3.63) is 47.9 Å². The molecule has 0 aliphatic heterocycles. The van der Waals surface area contributed by atoms with Crippen molar-refractivity contribution in [2.45, 2.75) is 6.42 Å². The fraction of sp³-hybridized carbons (Fsp3) is 0.133. The van der Waals surface area contributed by atoms with Crippen LogP contribution in [0.25, 0.3) is 27.1 Å². The third-order valence-electron chi connectivity index (χ3n) is 3.43. The summed E-state index contributed by atoms with van der Waals surface area (Å²) in [6.45, 7) is 0.558. The molecular formula is C15H13N5S. The van der Waals surface area contributed by atoms with Gasteiger partial charge in [-0.05, 0) is 30.1 Å². The van der Waals surface area contributed by atoms with Crippen LogP contribution in [-0.2, 0) is 6.42 Å². The molecule has 0 saturated heterocycles. The van der Waals surface area contributed by atoms with Crippen LogP contribution in [0.2, 0.25) is 0 Å². The second-order valence-electron chi connectivity index (χ2n) is 4.72. The van der Waals surface area contributed by atoms with E-state index in [0.717, 1.165) is 32.9 Å². The van der Waals surface area contributed by atoms with E-state index in [9.17, 15) is 0 Å². The summed E-state index contributed by atoms with van der Waals surface area (Å²) in [6, 6.07) is 10.1.